The molecule has 0 saturated heterocycles. The van der Waals surface area contributed by atoms with Crippen molar-refractivity contribution in [2.24, 2.45) is 0 Å². The van der Waals surface area contributed by atoms with Gasteiger partial charge in [0.1, 0.15) is 5.82 Å². The number of H-pyrrole nitrogens is 1. The van der Waals surface area contributed by atoms with E-state index in [1.54, 1.807) is 11.3 Å². The largest absolute Gasteiger partial charge is 0.382 e. The zero-order chi connectivity index (χ0) is 9.42. The molecule has 0 atom stereocenters. The lowest BCUT2D eigenvalue weighted by Crippen LogP contribution is -1.81. The van der Waals surface area contributed by atoms with Crippen LogP contribution in [0.2, 0.25) is 0 Å². The van der Waals surface area contributed by atoms with Gasteiger partial charge in [-0.15, -0.1) is 11.3 Å². The molecule has 3 N–H and O–H groups in total. The third kappa shape index (κ3) is 1.62. The highest BCUT2D eigenvalue weighted by atomic mass is 79.9. The van der Waals surface area contributed by atoms with Crippen LogP contribution < -0.4 is 5.73 Å². The average molecular weight is 258 g/mol. The van der Waals surface area contributed by atoms with Crippen molar-refractivity contribution in [3.8, 4) is 10.6 Å². The first-order chi connectivity index (χ1) is 6.16. The quantitative estimate of drug-likeness (QED) is 0.826. The number of nitrogens with two attached hydrogens (primary N) is 1. The normalized spacial score (nSPS) is 10.6. The molecule has 13 heavy (non-hydrogen) atoms. The van der Waals surface area contributed by atoms with E-state index >= 15 is 0 Å². The van der Waals surface area contributed by atoms with Crippen molar-refractivity contribution in [2.75, 3.05) is 5.73 Å². The number of aromatic amines is 1. The molecule has 0 radical (unpaired) electrons. The maximum atomic E-state index is 5.52. The summed E-state index contributed by atoms with van der Waals surface area (Å²) in [5.41, 5.74) is 6.48. The molecule has 2 aromatic heterocycles. The molecule has 0 saturated carbocycles. The summed E-state index contributed by atoms with van der Waals surface area (Å²) in [6, 6.07) is 3.91. The highest BCUT2D eigenvalue weighted by Gasteiger charge is 2.08. The molecule has 3 nitrogen and oxygen atoms in total. The minimum Gasteiger partial charge on any atom is -0.382 e. The van der Waals surface area contributed by atoms with Crippen LogP contribution in [-0.2, 0) is 0 Å². The lowest BCUT2D eigenvalue weighted by Gasteiger charge is -1.90. The van der Waals surface area contributed by atoms with E-state index in [1.807, 2.05) is 6.07 Å². The summed E-state index contributed by atoms with van der Waals surface area (Å²) in [7, 11) is 0. The standard InChI is InChI=1S/C8H8BrN3S/c1-4-2-5(9)8(13-4)6-3-7(10)12-11-6/h2-3H,1H3,(H3,10,11,12). The number of aryl methyl sites for hydroxylation is 1. The summed E-state index contributed by atoms with van der Waals surface area (Å²) in [5.74, 6) is 0.521. The molecule has 68 valence electrons. The number of halogens is 1. The summed E-state index contributed by atoms with van der Waals surface area (Å²) >= 11 is 5.19. The fourth-order valence-corrected chi connectivity index (χ4v) is 2.94. The summed E-state index contributed by atoms with van der Waals surface area (Å²) < 4.78 is 1.08. The van der Waals surface area contributed by atoms with Gasteiger partial charge in [-0.2, -0.15) is 5.10 Å². The van der Waals surface area contributed by atoms with Gasteiger partial charge in [0.15, 0.2) is 0 Å². The molecule has 0 bridgehead atoms. The Labute approximate surface area is 88.1 Å². The molecule has 0 fully saturated rings. The molecule has 0 aliphatic heterocycles. The monoisotopic (exact) mass is 257 g/mol. The number of hydrogen-bond acceptors (Lipinski definition) is 3. The molecule has 0 spiro atoms. The van der Waals surface area contributed by atoms with Gasteiger partial charge in [-0.3, -0.25) is 5.10 Å². The van der Waals surface area contributed by atoms with E-state index in [0.717, 1.165) is 15.0 Å². The summed E-state index contributed by atoms with van der Waals surface area (Å²) in [6.45, 7) is 2.07. The van der Waals surface area contributed by atoms with E-state index in [0.29, 0.717) is 5.82 Å². The lowest BCUT2D eigenvalue weighted by atomic mass is 10.3. The molecule has 0 unspecified atom stereocenters. The van der Waals surface area contributed by atoms with Gasteiger partial charge in [0.05, 0.1) is 10.6 Å². The van der Waals surface area contributed by atoms with Crippen LogP contribution in [0.3, 0.4) is 0 Å². The molecule has 5 heteroatoms. The smallest absolute Gasteiger partial charge is 0.145 e. The molecule has 2 aromatic rings. The van der Waals surface area contributed by atoms with Crippen molar-refractivity contribution in [3.05, 3.63) is 21.5 Å². The van der Waals surface area contributed by atoms with Crippen LogP contribution >= 0.6 is 27.3 Å². The fourth-order valence-electron chi connectivity index (χ4n) is 1.12. The van der Waals surface area contributed by atoms with Crippen LogP contribution in [0.5, 0.6) is 0 Å². The van der Waals surface area contributed by atoms with E-state index < -0.39 is 0 Å². The summed E-state index contributed by atoms with van der Waals surface area (Å²) in [4.78, 5) is 2.40. The molecule has 0 aromatic carbocycles. The zero-order valence-corrected chi connectivity index (χ0v) is 9.37. The Bertz CT molecular complexity index is 432. The number of nitrogen functional groups attached to an aromatic ring is 1. The van der Waals surface area contributed by atoms with E-state index in [2.05, 4.69) is 39.1 Å². The van der Waals surface area contributed by atoms with E-state index in [4.69, 9.17) is 5.73 Å². The molecule has 0 aliphatic carbocycles. The van der Waals surface area contributed by atoms with Crippen LogP contribution in [0.4, 0.5) is 5.82 Å². The van der Waals surface area contributed by atoms with Crippen LogP contribution in [0.15, 0.2) is 16.6 Å². The number of nitrogens with one attached hydrogen (secondary N) is 1. The van der Waals surface area contributed by atoms with Gasteiger partial charge in [0.2, 0.25) is 0 Å². The van der Waals surface area contributed by atoms with Gasteiger partial charge in [0.25, 0.3) is 0 Å². The van der Waals surface area contributed by atoms with Crippen LogP contribution in [0, 0.1) is 6.92 Å². The molecule has 2 rings (SSSR count). The maximum Gasteiger partial charge on any atom is 0.145 e. The van der Waals surface area contributed by atoms with Crippen LogP contribution in [0.25, 0.3) is 10.6 Å². The Balaban J connectivity index is 2.51. The Morgan fingerprint density at radius 3 is 2.77 bits per heavy atom. The SMILES string of the molecule is Cc1cc(Br)c(-c2cc(N)n[nH]2)s1. The zero-order valence-electron chi connectivity index (χ0n) is 6.97. The number of thiophene rings is 1. The van der Waals surface area contributed by atoms with Gasteiger partial charge >= 0.3 is 0 Å². The Kier molecular flexibility index (Phi) is 2.13. The first kappa shape index (κ1) is 8.77. The van der Waals surface area contributed by atoms with Gasteiger partial charge in [-0.25, -0.2) is 0 Å². The second-order valence-corrected chi connectivity index (χ2v) is 4.85. The van der Waals surface area contributed by atoms with Crippen LogP contribution in [-0.4, -0.2) is 10.2 Å². The second kappa shape index (κ2) is 3.16. The van der Waals surface area contributed by atoms with Gasteiger partial charge in [0, 0.05) is 15.4 Å². The first-order valence-corrected chi connectivity index (χ1v) is 5.35. The van der Waals surface area contributed by atoms with E-state index in [9.17, 15) is 0 Å². The van der Waals surface area contributed by atoms with Gasteiger partial charge < -0.3 is 5.73 Å². The molecular weight excluding hydrogens is 250 g/mol. The number of hydrogen-bond donors (Lipinski definition) is 2. The number of rotatable bonds is 1. The Morgan fingerprint density at radius 2 is 2.31 bits per heavy atom. The van der Waals surface area contributed by atoms with Gasteiger partial charge in [-0.05, 0) is 28.9 Å². The first-order valence-electron chi connectivity index (χ1n) is 3.74. The second-order valence-electron chi connectivity index (χ2n) is 2.74. The third-order valence-corrected chi connectivity index (χ3v) is 3.62. The number of aromatic nitrogens is 2. The van der Waals surface area contributed by atoms with Crippen molar-refractivity contribution in [2.45, 2.75) is 6.92 Å². The predicted octanol–water partition coefficient (Wildman–Crippen LogP) is 2.79. The highest BCUT2D eigenvalue weighted by molar-refractivity contribution is 9.10. The van der Waals surface area contributed by atoms with Crippen molar-refractivity contribution in [3.63, 3.8) is 0 Å². The van der Waals surface area contributed by atoms with Crippen molar-refractivity contribution in [1.82, 2.24) is 10.2 Å². The van der Waals surface area contributed by atoms with Crippen molar-refractivity contribution >= 4 is 33.1 Å². The molecule has 0 amide bonds. The van der Waals surface area contributed by atoms with Crippen LogP contribution in [0.1, 0.15) is 4.88 Å². The topological polar surface area (TPSA) is 54.7 Å². The lowest BCUT2D eigenvalue weighted by molar-refractivity contribution is 1.10. The minimum atomic E-state index is 0.521. The minimum absolute atomic E-state index is 0.521. The van der Waals surface area contributed by atoms with E-state index in [-0.39, 0.29) is 0 Å². The third-order valence-electron chi connectivity index (χ3n) is 1.65. The molecule has 2 heterocycles. The summed E-state index contributed by atoms with van der Waals surface area (Å²) in [5, 5.41) is 6.76. The highest BCUT2D eigenvalue weighted by Crippen LogP contribution is 2.35. The average Bonchev–Trinajstić information content (AvgIpc) is 2.58. The van der Waals surface area contributed by atoms with Gasteiger partial charge in [-0.1, -0.05) is 0 Å². The summed E-state index contributed by atoms with van der Waals surface area (Å²) in [6.07, 6.45) is 0. The fraction of sp³-hybridized carbons (Fsp3) is 0.125. The van der Waals surface area contributed by atoms with Crippen molar-refractivity contribution in [1.29, 1.82) is 0 Å². The number of nitrogens with zero attached hydrogens (tertiary/aromatic N) is 1. The number of anilines is 1. The maximum absolute atomic E-state index is 5.52. The molecular formula is C8H8BrN3S. The Morgan fingerprint density at radius 1 is 1.54 bits per heavy atom. The van der Waals surface area contributed by atoms with Crippen molar-refractivity contribution < 1.29 is 0 Å². The predicted molar refractivity (Wildman–Crippen MR) is 58.8 cm³/mol. The van der Waals surface area contributed by atoms with E-state index in [1.165, 1.54) is 4.88 Å². The molecule has 0 aliphatic rings. The Hall–Kier alpha value is -0.810.